The molecule has 0 saturated heterocycles. The third-order valence-electron chi connectivity index (χ3n) is 3.20. The maximum absolute atomic E-state index is 13.2. The van der Waals surface area contributed by atoms with Crippen LogP contribution in [0.3, 0.4) is 0 Å². The molecule has 0 saturated carbocycles. The van der Waals surface area contributed by atoms with Crippen LogP contribution in [0.5, 0.6) is 0 Å². The molecular formula is C18H19FOS. The smallest absolute Gasteiger partial charge is 0.151 e. The van der Waals surface area contributed by atoms with Gasteiger partial charge in [0.05, 0.1) is 0 Å². The monoisotopic (exact) mass is 302 g/mol. The molecular weight excluding hydrogens is 283 g/mol. The van der Waals surface area contributed by atoms with E-state index in [-0.39, 0.29) is 11.7 Å². The third kappa shape index (κ3) is 3.30. The van der Waals surface area contributed by atoms with Gasteiger partial charge in [0.2, 0.25) is 0 Å². The van der Waals surface area contributed by atoms with Gasteiger partial charge in [0.25, 0.3) is 0 Å². The summed E-state index contributed by atoms with van der Waals surface area (Å²) in [5.74, 6) is 0.0168. The summed E-state index contributed by atoms with van der Waals surface area (Å²) in [6, 6.07) is 6.33. The molecule has 2 rings (SSSR count). The number of carbonyl (C=O) groups is 1. The molecule has 1 aromatic carbocycles. The first-order valence-corrected chi connectivity index (χ1v) is 7.78. The van der Waals surface area contributed by atoms with Gasteiger partial charge in [0.15, 0.2) is 6.29 Å². The van der Waals surface area contributed by atoms with Crippen LogP contribution in [-0.4, -0.2) is 6.29 Å². The molecule has 21 heavy (non-hydrogen) atoms. The third-order valence-corrected chi connectivity index (χ3v) is 4.65. The van der Waals surface area contributed by atoms with E-state index in [4.69, 9.17) is 0 Å². The quantitative estimate of drug-likeness (QED) is 0.641. The molecule has 1 heterocycles. The van der Waals surface area contributed by atoms with Crippen molar-refractivity contribution >= 4 is 23.7 Å². The molecule has 0 aliphatic rings. The molecule has 0 spiro atoms. The molecule has 0 atom stereocenters. The molecule has 0 unspecified atom stereocenters. The Hall–Kier alpha value is -1.74. The van der Waals surface area contributed by atoms with Crippen molar-refractivity contribution in [2.75, 3.05) is 0 Å². The normalized spacial score (nSPS) is 10.8. The zero-order valence-electron chi connectivity index (χ0n) is 12.7. The minimum atomic E-state index is -0.269. The highest BCUT2D eigenvalue weighted by Gasteiger charge is 2.19. The van der Waals surface area contributed by atoms with Crippen molar-refractivity contribution < 1.29 is 9.18 Å². The summed E-state index contributed by atoms with van der Waals surface area (Å²) >= 11 is 1.64. The number of aldehydes is 1. The van der Waals surface area contributed by atoms with Gasteiger partial charge in [-0.1, -0.05) is 31.6 Å². The predicted octanol–water partition coefficient (Wildman–Crippen LogP) is 5.91. The topological polar surface area (TPSA) is 17.1 Å². The second-order valence-corrected chi connectivity index (χ2v) is 6.70. The van der Waals surface area contributed by atoms with E-state index in [2.05, 4.69) is 19.9 Å². The SMILES string of the molecule is CC(C)=Cc1sc(C(C)C)c(C=O)c1-c1ccc(F)cc1. The minimum absolute atomic E-state index is 0.269. The van der Waals surface area contributed by atoms with Crippen LogP contribution >= 0.6 is 11.3 Å². The zero-order valence-corrected chi connectivity index (χ0v) is 13.6. The summed E-state index contributed by atoms with van der Waals surface area (Å²) in [5.41, 5.74) is 3.70. The molecule has 0 bridgehead atoms. The van der Waals surface area contributed by atoms with Crippen LogP contribution in [-0.2, 0) is 0 Å². The van der Waals surface area contributed by atoms with Crippen LogP contribution in [0.25, 0.3) is 17.2 Å². The molecule has 0 aliphatic heterocycles. The summed E-state index contributed by atoms with van der Waals surface area (Å²) in [4.78, 5) is 13.7. The summed E-state index contributed by atoms with van der Waals surface area (Å²) in [6.45, 7) is 8.23. The van der Waals surface area contributed by atoms with Crippen molar-refractivity contribution in [2.45, 2.75) is 33.6 Å². The highest BCUT2D eigenvalue weighted by atomic mass is 32.1. The van der Waals surface area contributed by atoms with E-state index < -0.39 is 0 Å². The van der Waals surface area contributed by atoms with Crippen LogP contribution in [0, 0.1) is 5.82 Å². The fraction of sp³-hybridized carbons (Fsp3) is 0.278. The van der Waals surface area contributed by atoms with Crippen molar-refractivity contribution in [3.8, 4) is 11.1 Å². The number of rotatable bonds is 4. The largest absolute Gasteiger partial charge is 0.298 e. The summed E-state index contributed by atoms with van der Waals surface area (Å²) in [6.07, 6.45) is 3.01. The summed E-state index contributed by atoms with van der Waals surface area (Å²) in [5, 5.41) is 0. The highest BCUT2D eigenvalue weighted by molar-refractivity contribution is 7.14. The Labute approximate surface area is 129 Å². The van der Waals surface area contributed by atoms with E-state index in [1.165, 1.54) is 17.7 Å². The van der Waals surface area contributed by atoms with Crippen LogP contribution in [0.2, 0.25) is 0 Å². The Morgan fingerprint density at radius 1 is 1.19 bits per heavy atom. The maximum atomic E-state index is 13.2. The Bertz CT molecular complexity index is 674. The number of allylic oxidation sites excluding steroid dienone is 1. The van der Waals surface area contributed by atoms with Crippen LogP contribution in [0.1, 0.15) is 53.7 Å². The van der Waals surface area contributed by atoms with Gasteiger partial charge in [-0.05, 0) is 43.5 Å². The Morgan fingerprint density at radius 2 is 1.81 bits per heavy atom. The number of hydrogen-bond acceptors (Lipinski definition) is 2. The van der Waals surface area contributed by atoms with Crippen LogP contribution in [0.4, 0.5) is 4.39 Å². The van der Waals surface area contributed by atoms with Gasteiger partial charge in [0.1, 0.15) is 5.82 Å². The summed E-state index contributed by atoms with van der Waals surface area (Å²) in [7, 11) is 0. The molecule has 0 aliphatic carbocycles. The van der Waals surface area contributed by atoms with E-state index >= 15 is 0 Å². The number of hydrogen-bond donors (Lipinski definition) is 0. The van der Waals surface area contributed by atoms with Crippen LogP contribution in [0.15, 0.2) is 29.8 Å². The molecule has 0 radical (unpaired) electrons. The van der Waals surface area contributed by atoms with Crippen molar-refractivity contribution in [2.24, 2.45) is 0 Å². The molecule has 0 N–H and O–H groups in total. The van der Waals surface area contributed by atoms with E-state index in [1.54, 1.807) is 23.5 Å². The van der Waals surface area contributed by atoms with Crippen molar-refractivity contribution in [1.82, 2.24) is 0 Å². The average Bonchev–Trinajstić information content (AvgIpc) is 2.77. The van der Waals surface area contributed by atoms with E-state index in [1.807, 2.05) is 13.8 Å². The molecule has 2 aromatic rings. The maximum Gasteiger partial charge on any atom is 0.151 e. The predicted molar refractivity (Wildman–Crippen MR) is 88.5 cm³/mol. The van der Waals surface area contributed by atoms with Gasteiger partial charge in [-0.3, -0.25) is 4.79 Å². The summed E-state index contributed by atoms with van der Waals surface area (Å²) < 4.78 is 13.2. The lowest BCUT2D eigenvalue weighted by atomic mass is 9.97. The van der Waals surface area contributed by atoms with E-state index in [9.17, 15) is 9.18 Å². The molecule has 0 amide bonds. The second-order valence-electron chi connectivity index (χ2n) is 5.62. The highest BCUT2D eigenvalue weighted by Crippen LogP contribution is 2.40. The number of halogens is 1. The first-order chi connectivity index (χ1) is 9.93. The van der Waals surface area contributed by atoms with Gasteiger partial charge in [-0.15, -0.1) is 11.3 Å². The lowest BCUT2D eigenvalue weighted by molar-refractivity contribution is 0.112. The van der Waals surface area contributed by atoms with Crippen LogP contribution < -0.4 is 0 Å². The fourth-order valence-electron chi connectivity index (χ4n) is 2.30. The molecule has 1 nitrogen and oxygen atoms in total. The molecule has 110 valence electrons. The number of thiophene rings is 1. The Balaban J connectivity index is 2.74. The van der Waals surface area contributed by atoms with Crippen molar-refractivity contribution in [1.29, 1.82) is 0 Å². The Kier molecular flexibility index (Phi) is 4.73. The van der Waals surface area contributed by atoms with E-state index in [0.717, 1.165) is 32.7 Å². The lowest BCUT2D eigenvalue weighted by Crippen LogP contribution is -1.91. The molecule has 0 fully saturated rings. The van der Waals surface area contributed by atoms with E-state index in [0.29, 0.717) is 0 Å². The fourth-order valence-corrected chi connectivity index (χ4v) is 3.66. The van der Waals surface area contributed by atoms with Gasteiger partial charge < -0.3 is 0 Å². The van der Waals surface area contributed by atoms with Gasteiger partial charge in [-0.2, -0.15) is 0 Å². The number of carbonyl (C=O) groups excluding carboxylic acids is 1. The average molecular weight is 302 g/mol. The first kappa shape index (κ1) is 15.6. The minimum Gasteiger partial charge on any atom is -0.298 e. The van der Waals surface area contributed by atoms with Crippen molar-refractivity contribution in [3.63, 3.8) is 0 Å². The second kappa shape index (κ2) is 6.35. The lowest BCUT2D eigenvalue weighted by Gasteiger charge is -2.05. The number of benzene rings is 1. The first-order valence-electron chi connectivity index (χ1n) is 6.96. The van der Waals surface area contributed by atoms with Gasteiger partial charge >= 0.3 is 0 Å². The van der Waals surface area contributed by atoms with Gasteiger partial charge in [0, 0.05) is 20.9 Å². The van der Waals surface area contributed by atoms with Crippen molar-refractivity contribution in [3.05, 3.63) is 51.0 Å². The molecule has 3 heteroatoms. The zero-order chi connectivity index (χ0) is 15.6. The standard InChI is InChI=1S/C18H19FOS/c1-11(2)9-16-17(13-5-7-14(19)8-6-13)15(10-20)18(21-16)12(3)4/h5-10,12H,1-4H3. The Morgan fingerprint density at radius 3 is 2.29 bits per heavy atom. The van der Waals surface area contributed by atoms with Gasteiger partial charge in [-0.25, -0.2) is 4.39 Å². The molecule has 1 aromatic heterocycles.